The third-order valence-corrected chi connectivity index (χ3v) is 4.65. The summed E-state index contributed by atoms with van der Waals surface area (Å²) in [5.41, 5.74) is 0.359. The summed E-state index contributed by atoms with van der Waals surface area (Å²) in [7, 11) is 0. The van der Waals surface area contributed by atoms with Gasteiger partial charge in [0.1, 0.15) is 5.82 Å². The predicted octanol–water partition coefficient (Wildman–Crippen LogP) is 5.82. The quantitative estimate of drug-likeness (QED) is 0.520. The first-order chi connectivity index (χ1) is 13.5. The van der Waals surface area contributed by atoms with Crippen LogP contribution >= 0.6 is 23.2 Å². The Labute approximate surface area is 173 Å². The van der Waals surface area contributed by atoms with E-state index in [-0.39, 0.29) is 34.1 Å². The summed E-state index contributed by atoms with van der Waals surface area (Å²) in [6.07, 6.45) is -6.24. The van der Waals surface area contributed by atoms with Gasteiger partial charge < -0.3 is 10.4 Å². The molecule has 0 aliphatic carbocycles. The lowest BCUT2D eigenvalue weighted by Gasteiger charge is -2.20. The molecule has 0 radical (unpaired) electrons. The van der Waals surface area contributed by atoms with Gasteiger partial charge in [-0.1, -0.05) is 35.3 Å². The molecule has 2 rings (SSSR count). The van der Waals surface area contributed by atoms with Gasteiger partial charge in [0.2, 0.25) is 5.91 Å². The SMILES string of the molecule is O=C(O)CCc1ccc(Cl)c(NC(=O)[C@@H](CC(F)(F)F)c2ccc(Cl)c(F)c2)c1. The minimum Gasteiger partial charge on any atom is -0.481 e. The van der Waals surface area contributed by atoms with Crippen molar-refractivity contribution in [3.63, 3.8) is 0 Å². The highest BCUT2D eigenvalue weighted by Gasteiger charge is 2.36. The van der Waals surface area contributed by atoms with Crippen molar-refractivity contribution in [1.82, 2.24) is 0 Å². The summed E-state index contributed by atoms with van der Waals surface area (Å²) < 4.78 is 52.7. The predicted molar refractivity (Wildman–Crippen MR) is 101 cm³/mol. The molecule has 0 spiro atoms. The minimum absolute atomic E-state index is 0.0289. The van der Waals surface area contributed by atoms with E-state index in [1.54, 1.807) is 6.07 Å². The van der Waals surface area contributed by atoms with Crippen LogP contribution in [0.2, 0.25) is 10.0 Å². The number of benzene rings is 2. The van der Waals surface area contributed by atoms with Gasteiger partial charge in [0, 0.05) is 6.42 Å². The summed E-state index contributed by atoms with van der Waals surface area (Å²) in [6.45, 7) is 0. The number of hydrogen-bond donors (Lipinski definition) is 2. The number of hydrogen-bond acceptors (Lipinski definition) is 2. The van der Waals surface area contributed by atoms with Crippen molar-refractivity contribution < 1.29 is 32.3 Å². The van der Waals surface area contributed by atoms with E-state index in [0.29, 0.717) is 5.56 Å². The van der Waals surface area contributed by atoms with Crippen LogP contribution in [0.4, 0.5) is 23.2 Å². The van der Waals surface area contributed by atoms with Crippen LogP contribution in [0.3, 0.4) is 0 Å². The number of anilines is 1. The van der Waals surface area contributed by atoms with E-state index in [2.05, 4.69) is 5.32 Å². The Kier molecular flexibility index (Phi) is 7.48. The fourth-order valence-corrected chi connectivity index (χ4v) is 2.90. The highest BCUT2D eigenvalue weighted by molar-refractivity contribution is 6.33. The van der Waals surface area contributed by atoms with Crippen LogP contribution in [-0.2, 0) is 16.0 Å². The maximum atomic E-state index is 13.7. The second kappa shape index (κ2) is 9.45. The number of carbonyl (C=O) groups is 2. The number of nitrogens with one attached hydrogen (secondary N) is 1. The molecule has 29 heavy (non-hydrogen) atoms. The first-order valence-electron chi connectivity index (χ1n) is 8.29. The van der Waals surface area contributed by atoms with Gasteiger partial charge in [0.05, 0.1) is 28.1 Å². The van der Waals surface area contributed by atoms with Crippen molar-refractivity contribution in [2.24, 2.45) is 0 Å². The number of halogens is 6. The Morgan fingerprint density at radius 1 is 1.07 bits per heavy atom. The van der Waals surface area contributed by atoms with Gasteiger partial charge in [0.15, 0.2) is 0 Å². The molecule has 0 heterocycles. The normalized spacial score (nSPS) is 12.5. The van der Waals surface area contributed by atoms with Crippen LogP contribution in [0.1, 0.15) is 29.9 Å². The molecule has 0 aliphatic rings. The van der Waals surface area contributed by atoms with Crippen LogP contribution < -0.4 is 5.32 Å². The van der Waals surface area contributed by atoms with Gasteiger partial charge in [0.25, 0.3) is 0 Å². The van der Waals surface area contributed by atoms with E-state index in [9.17, 15) is 27.2 Å². The first kappa shape index (κ1) is 23.0. The highest BCUT2D eigenvalue weighted by Crippen LogP contribution is 2.34. The molecule has 1 amide bonds. The van der Waals surface area contributed by atoms with Gasteiger partial charge in [-0.25, -0.2) is 4.39 Å². The van der Waals surface area contributed by atoms with Crippen LogP contribution in [0.15, 0.2) is 36.4 Å². The van der Waals surface area contributed by atoms with Gasteiger partial charge in [-0.15, -0.1) is 0 Å². The van der Waals surface area contributed by atoms with Gasteiger partial charge in [-0.3, -0.25) is 9.59 Å². The molecule has 0 bridgehead atoms. The smallest absolute Gasteiger partial charge is 0.390 e. The van der Waals surface area contributed by atoms with Crippen molar-refractivity contribution in [3.05, 3.63) is 63.4 Å². The second-order valence-electron chi connectivity index (χ2n) is 6.24. The summed E-state index contributed by atoms with van der Waals surface area (Å²) >= 11 is 11.6. The molecule has 4 nitrogen and oxygen atoms in total. The third kappa shape index (κ3) is 6.90. The molecule has 0 saturated heterocycles. The van der Waals surface area contributed by atoms with Gasteiger partial charge >= 0.3 is 12.1 Å². The van der Waals surface area contributed by atoms with Gasteiger partial charge in [-0.05, 0) is 41.8 Å². The molecular formula is C19H15Cl2F4NO3. The molecule has 156 valence electrons. The molecule has 2 N–H and O–H groups in total. The van der Waals surface area contributed by atoms with E-state index < -0.39 is 36.2 Å². The molecule has 0 aromatic heterocycles. The Balaban J connectivity index is 2.30. The lowest BCUT2D eigenvalue weighted by molar-refractivity contribution is -0.146. The van der Waals surface area contributed by atoms with Crippen molar-refractivity contribution in [2.75, 3.05) is 5.32 Å². The lowest BCUT2D eigenvalue weighted by atomic mass is 9.94. The largest absolute Gasteiger partial charge is 0.481 e. The number of aryl methyl sites for hydroxylation is 1. The maximum absolute atomic E-state index is 13.7. The molecule has 1 atom stereocenters. The number of rotatable bonds is 7. The van der Waals surface area contributed by atoms with Crippen LogP contribution in [0, 0.1) is 5.82 Å². The number of carbonyl (C=O) groups excluding carboxylic acids is 1. The standard InChI is InChI=1S/C19H15Cl2F4NO3/c20-13-5-3-11(8-15(13)22)12(9-19(23,24)25)18(29)26-16-7-10(1-4-14(16)21)2-6-17(27)28/h1,3-5,7-8,12H,2,6,9H2,(H,26,29)(H,27,28)/t12-/m0/s1. The topological polar surface area (TPSA) is 66.4 Å². The molecule has 0 saturated carbocycles. The molecule has 0 aliphatic heterocycles. The zero-order chi connectivity index (χ0) is 21.8. The fraction of sp³-hybridized carbons (Fsp3) is 0.263. The molecule has 2 aromatic rings. The summed E-state index contributed by atoms with van der Waals surface area (Å²) in [4.78, 5) is 23.3. The Bertz CT molecular complexity index is 919. The minimum atomic E-state index is -4.69. The van der Waals surface area contributed by atoms with Gasteiger partial charge in [-0.2, -0.15) is 13.2 Å². The van der Waals surface area contributed by atoms with E-state index >= 15 is 0 Å². The van der Waals surface area contributed by atoms with Crippen LogP contribution in [0.5, 0.6) is 0 Å². The number of aliphatic carboxylic acids is 1. The Morgan fingerprint density at radius 3 is 2.31 bits per heavy atom. The van der Waals surface area contributed by atoms with E-state index in [1.807, 2.05) is 0 Å². The average molecular weight is 452 g/mol. The third-order valence-electron chi connectivity index (χ3n) is 4.01. The lowest BCUT2D eigenvalue weighted by Crippen LogP contribution is -2.26. The molecular weight excluding hydrogens is 437 g/mol. The monoisotopic (exact) mass is 451 g/mol. The zero-order valence-electron chi connectivity index (χ0n) is 14.7. The van der Waals surface area contributed by atoms with Crippen molar-refractivity contribution in [1.29, 1.82) is 0 Å². The van der Waals surface area contributed by atoms with Crippen LogP contribution in [-0.4, -0.2) is 23.2 Å². The van der Waals surface area contributed by atoms with E-state index in [0.717, 1.165) is 18.2 Å². The van der Waals surface area contributed by atoms with Crippen molar-refractivity contribution in [2.45, 2.75) is 31.4 Å². The Hall–Kier alpha value is -2.32. The second-order valence-corrected chi connectivity index (χ2v) is 7.06. The number of alkyl halides is 3. The number of carboxylic acids is 1. The summed E-state index contributed by atoms with van der Waals surface area (Å²) in [5, 5.41) is 10.8. The van der Waals surface area contributed by atoms with E-state index in [1.165, 1.54) is 12.1 Å². The summed E-state index contributed by atoms with van der Waals surface area (Å²) in [5.74, 6) is -4.75. The number of amides is 1. The zero-order valence-corrected chi connectivity index (χ0v) is 16.2. The molecule has 10 heteroatoms. The molecule has 0 fully saturated rings. The van der Waals surface area contributed by atoms with Crippen LogP contribution in [0.25, 0.3) is 0 Å². The average Bonchev–Trinajstić information content (AvgIpc) is 2.62. The van der Waals surface area contributed by atoms with Crippen molar-refractivity contribution in [3.8, 4) is 0 Å². The molecule has 0 unspecified atom stereocenters. The fourth-order valence-electron chi connectivity index (χ4n) is 2.62. The maximum Gasteiger partial charge on any atom is 0.390 e. The summed E-state index contributed by atoms with van der Waals surface area (Å²) in [6, 6.07) is 7.33. The highest BCUT2D eigenvalue weighted by atomic mass is 35.5. The number of carboxylic acid groups (broad SMARTS) is 1. The molecule has 2 aromatic carbocycles. The van der Waals surface area contributed by atoms with E-state index in [4.69, 9.17) is 28.3 Å². The Morgan fingerprint density at radius 2 is 1.72 bits per heavy atom. The van der Waals surface area contributed by atoms with Crippen molar-refractivity contribution >= 4 is 40.8 Å². The first-order valence-corrected chi connectivity index (χ1v) is 9.04.